The quantitative estimate of drug-likeness (QED) is 0.192. The first-order chi connectivity index (χ1) is 32.2. The Morgan fingerprint density at radius 1 is 0.431 bits per heavy atom. The molecule has 306 valence electrons. The van der Waals surface area contributed by atoms with Crippen LogP contribution in [0.1, 0.15) is 34.1 Å². The number of aromatic nitrogens is 5. The molecule has 0 saturated carbocycles. The van der Waals surface area contributed by atoms with Crippen LogP contribution < -0.4 is 43.4 Å². The lowest BCUT2D eigenvalue weighted by atomic mass is 9.38. The van der Waals surface area contributed by atoms with Crippen molar-refractivity contribution in [3.8, 4) is 50.5 Å². The fourth-order valence-corrected chi connectivity index (χ4v) is 12.5. The second-order valence-corrected chi connectivity index (χ2v) is 18.2. The van der Waals surface area contributed by atoms with Gasteiger partial charge in [0.15, 0.2) is 6.33 Å². The van der Waals surface area contributed by atoms with Crippen molar-refractivity contribution >= 4 is 68.0 Å². The Kier molecular flexibility index (Phi) is 7.98. The monoisotopic (exact) mass is 833 g/mol. The van der Waals surface area contributed by atoms with Crippen LogP contribution >= 0.6 is 0 Å². The van der Waals surface area contributed by atoms with Crippen molar-refractivity contribution in [2.24, 2.45) is 0 Å². The van der Waals surface area contributed by atoms with Crippen molar-refractivity contribution in [1.29, 1.82) is 0 Å². The number of hydrogen-bond donors (Lipinski definition) is 2. The molecule has 10 aromatic rings. The van der Waals surface area contributed by atoms with E-state index in [0.717, 1.165) is 34.9 Å². The molecular formula is C56H41B2N7. The fourth-order valence-electron chi connectivity index (χ4n) is 12.5. The molecule has 2 N–H and O–H groups in total. The summed E-state index contributed by atoms with van der Waals surface area (Å²) in [6, 6.07) is 59.9. The first-order valence-electron chi connectivity index (χ1n) is 22.8. The molecule has 8 aromatic carbocycles. The van der Waals surface area contributed by atoms with Gasteiger partial charge in [-0.15, -0.1) is 20.4 Å². The minimum absolute atomic E-state index is 0.0493. The topological polar surface area (TPSA) is 80.6 Å². The third kappa shape index (κ3) is 5.16. The van der Waals surface area contributed by atoms with E-state index in [-0.39, 0.29) is 13.4 Å². The second kappa shape index (κ2) is 14.0. The lowest BCUT2D eigenvalue weighted by Gasteiger charge is -2.17. The van der Waals surface area contributed by atoms with Crippen LogP contribution in [0.5, 0.6) is 0 Å². The predicted molar refractivity (Wildman–Crippen MR) is 267 cm³/mol. The molecule has 0 saturated heterocycles. The van der Waals surface area contributed by atoms with Gasteiger partial charge in [0.1, 0.15) is 0 Å². The van der Waals surface area contributed by atoms with Crippen LogP contribution in [0.3, 0.4) is 0 Å². The number of nitrogens with zero attached hydrogens (tertiary/aromatic N) is 5. The molecule has 0 amide bonds. The Morgan fingerprint density at radius 2 is 0.862 bits per heavy atom. The number of benzene rings is 8. The van der Waals surface area contributed by atoms with Crippen molar-refractivity contribution in [2.45, 2.75) is 11.8 Å². The van der Waals surface area contributed by atoms with Crippen molar-refractivity contribution in [2.75, 3.05) is 27.2 Å². The summed E-state index contributed by atoms with van der Waals surface area (Å²) in [6.07, 6.45) is 1.41. The van der Waals surface area contributed by atoms with Gasteiger partial charge in [0.25, 0.3) is 5.95 Å². The van der Waals surface area contributed by atoms with Gasteiger partial charge in [-0.3, -0.25) is 4.57 Å². The lowest BCUT2D eigenvalue weighted by molar-refractivity contribution is 0.720. The highest BCUT2D eigenvalue weighted by Crippen LogP contribution is 2.46. The Hall–Kier alpha value is -7.45. The van der Waals surface area contributed by atoms with E-state index in [0.29, 0.717) is 17.8 Å². The molecule has 0 spiro atoms. The van der Waals surface area contributed by atoms with Crippen LogP contribution in [0.4, 0.5) is 0 Å². The summed E-state index contributed by atoms with van der Waals surface area (Å²) in [7, 11) is 4.11. The third-order valence-corrected chi connectivity index (χ3v) is 15.1. The molecule has 65 heavy (non-hydrogen) atoms. The van der Waals surface area contributed by atoms with Gasteiger partial charge in [-0.05, 0) is 105 Å². The average molecular weight is 834 g/mol. The van der Waals surface area contributed by atoms with Crippen LogP contribution in [0, 0.1) is 0 Å². The second-order valence-electron chi connectivity index (χ2n) is 18.2. The standard InChI is InChI=1S/C56H41B2N7/c1-59-29-48-36-13-5-3-11-34(36)38-21-19-32(23-42(38)48)57-50-17-9-7-15-40(50)44-25-46-47-26-45-41-16-8-10-18-51(41)58(33-20-22-39-35-12-4-6-14-37(35)49(30-60-2)43(39)24-33)53(45)28-55(47)65(54(46)27-52(44)57)56-63-61-31-62-64-56/h3-28,31,48-49,59-60H,29-30H2,1-2H3. The summed E-state index contributed by atoms with van der Waals surface area (Å²) in [4.78, 5) is 0. The number of rotatable bonds is 7. The number of nitrogens with one attached hydrogen (secondary N) is 2. The molecule has 2 unspecified atom stereocenters. The van der Waals surface area contributed by atoms with E-state index in [1.807, 2.05) is 0 Å². The largest absolute Gasteiger partial charge is 0.319 e. The summed E-state index contributed by atoms with van der Waals surface area (Å²) < 4.78 is 2.20. The molecule has 0 bridgehead atoms. The molecule has 14 rings (SSSR count). The SMILES string of the molecule is CNCC1c2ccccc2-c2ccc(B3c4ccccc4-c4cc5c6cc7c(cc6n(-c6nncnn6)c5cc43)B(c3ccc4c(c3)C(CNC)c3ccccc3-4)c3ccccc3-7)cc21. The molecule has 0 radical (unpaired) electrons. The van der Waals surface area contributed by atoms with E-state index < -0.39 is 0 Å². The third-order valence-electron chi connectivity index (χ3n) is 15.1. The van der Waals surface area contributed by atoms with Crippen LogP contribution in [-0.4, -0.2) is 65.6 Å². The summed E-state index contributed by atoms with van der Waals surface area (Å²) in [5.41, 5.74) is 26.0. The highest BCUT2D eigenvalue weighted by atomic mass is 15.3. The van der Waals surface area contributed by atoms with E-state index in [2.05, 4.69) is 207 Å². The van der Waals surface area contributed by atoms with Crippen LogP contribution in [0.25, 0.3) is 72.3 Å². The zero-order valence-electron chi connectivity index (χ0n) is 36.0. The van der Waals surface area contributed by atoms with Gasteiger partial charge < -0.3 is 10.6 Å². The van der Waals surface area contributed by atoms with Crippen molar-refractivity contribution in [3.05, 3.63) is 186 Å². The molecule has 4 aliphatic rings. The smallest absolute Gasteiger partial charge is 0.273 e. The van der Waals surface area contributed by atoms with Crippen LogP contribution in [0.15, 0.2) is 164 Å². The van der Waals surface area contributed by atoms with Crippen LogP contribution in [-0.2, 0) is 0 Å². The van der Waals surface area contributed by atoms with Crippen molar-refractivity contribution in [3.63, 3.8) is 0 Å². The van der Waals surface area contributed by atoms with Gasteiger partial charge in [0.2, 0.25) is 13.4 Å². The maximum absolute atomic E-state index is 4.64. The first kappa shape index (κ1) is 37.0. The van der Waals surface area contributed by atoms with Gasteiger partial charge in [-0.25, -0.2) is 0 Å². The van der Waals surface area contributed by atoms with Gasteiger partial charge >= 0.3 is 0 Å². The molecular weight excluding hydrogens is 792 g/mol. The van der Waals surface area contributed by atoms with E-state index >= 15 is 0 Å². The molecule has 4 heterocycles. The lowest BCUT2D eigenvalue weighted by Crippen LogP contribution is -2.49. The molecule has 2 aliphatic heterocycles. The zero-order valence-corrected chi connectivity index (χ0v) is 36.0. The van der Waals surface area contributed by atoms with Gasteiger partial charge in [0, 0.05) is 35.7 Å². The Labute approximate surface area is 377 Å². The first-order valence-corrected chi connectivity index (χ1v) is 22.8. The maximum atomic E-state index is 4.64. The maximum Gasteiger partial charge on any atom is 0.273 e. The molecule has 2 aliphatic carbocycles. The van der Waals surface area contributed by atoms with E-state index in [1.54, 1.807) is 0 Å². The minimum atomic E-state index is 0.0493. The zero-order chi connectivity index (χ0) is 42.9. The Bertz CT molecular complexity index is 3420. The summed E-state index contributed by atoms with van der Waals surface area (Å²) in [5, 5.41) is 27.1. The van der Waals surface area contributed by atoms with Crippen LogP contribution in [0.2, 0.25) is 0 Å². The minimum Gasteiger partial charge on any atom is -0.319 e. The van der Waals surface area contributed by atoms with Gasteiger partial charge in [-0.1, -0.05) is 166 Å². The molecule has 7 nitrogen and oxygen atoms in total. The van der Waals surface area contributed by atoms with E-state index in [4.69, 9.17) is 0 Å². The Balaban J connectivity index is 0.984. The van der Waals surface area contributed by atoms with Crippen molar-refractivity contribution < 1.29 is 0 Å². The summed E-state index contributed by atoms with van der Waals surface area (Å²) in [5.74, 6) is 1.05. The summed E-state index contributed by atoms with van der Waals surface area (Å²) >= 11 is 0. The highest BCUT2D eigenvalue weighted by Gasteiger charge is 2.39. The fraction of sp³-hybridized carbons (Fsp3) is 0.107. The predicted octanol–water partition coefficient (Wildman–Crippen LogP) is 6.02. The number of likely N-dealkylation sites (N-methyl/N-ethyl adjacent to an activating group) is 2. The van der Waals surface area contributed by atoms with Gasteiger partial charge in [-0.2, -0.15) is 0 Å². The highest BCUT2D eigenvalue weighted by molar-refractivity contribution is 7.00. The van der Waals surface area contributed by atoms with Crippen molar-refractivity contribution in [1.82, 2.24) is 35.6 Å². The molecule has 2 atom stereocenters. The molecule has 2 aromatic heterocycles. The molecule has 9 heteroatoms. The summed E-state index contributed by atoms with van der Waals surface area (Å²) in [6.45, 7) is 1.87. The molecule has 0 fully saturated rings. The number of fused-ring (bicyclic) bond motifs is 15. The normalized spacial score (nSPS) is 15.7. The number of hydrogen-bond acceptors (Lipinski definition) is 6. The van der Waals surface area contributed by atoms with E-state index in [1.165, 1.54) is 106 Å². The Morgan fingerprint density at radius 3 is 1.34 bits per heavy atom. The van der Waals surface area contributed by atoms with Gasteiger partial charge in [0.05, 0.1) is 11.0 Å². The average Bonchev–Trinajstić information content (AvgIpc) is 4.12. The van der Waals surface area contributed by atoms with E-state index in [9.17, 15) is 0 Å².